The molecule has 0 fully saturated rings. The first-order chi connectivity index (χ1) is 10.8. The maximum absolute atomic E-state index is 12.3. The zero-order valence-corrected chi connectivity index (χ0v) is 11.8. The Morgan fingerprint density at radius 1 is 1.23 bits per heavy atom. The van der Waals surface area contributed by atoms with E-state index in [1.807, 2.05) is 30.3 Å². The van der Waals surface area contributed by atoms with E-state index >= 15 is 0 Å². The molecule has 0 bridgehead atoms. The van der Waals surface area contributed by atoms with E-state index in [0.717, 1.165) is 5.56 Å². The second-order valence-electron chi connectivity index (χ2n) is 4.54. The Kier molecular flexibility index (Phi) is 3.82. The third-order valence-corrected chi connectivity index (χ3v) is 3.04. The van der Waals surface area contributed by atoms with Crippen LogP contribution in [-0.4, -0.2) is 17.3 Å². The van der Waals surface area contributed by atoms with Gasteiger partial charge in [0.25, 0.3) is 5.91 Å². The Balaban J connectivity index is 1.82. The summed E-state index contributed by atoms with van der Waals surface area (Å²) >= 11 is 0. The first-order valence-corrected chi connectivity index (χ1v) is 6.64. The summed E-state index contributed by atoms with van der Waals surface area (Å²) in [7, 11) is 0. The Hall–Kier alpha value is -3.15. The third-order valence-electron chi connectivity index (χ3n) is 3.04. The highest BCUT2D eigenvalue weighted by Gasteiger charge is 2.21. The van der Waals surface area contributed by atoms with E-state index in [1.165, 1.54) is 12.5 Å². The number of furan rings is 1. The average molecular weight is 295 g/mol. The van der Waals surface area contributed by atoms with Crippen molar-refractivity contribution in [3.63, 3.8) is 0 Å². The molecule has 2 aromatic heterocycles. The number of carbonyl (C=O) groups excluding carboxylic acids is 1. The molecule has 22 heavy (non-hydrogen) atoms. The van der Waals surface area contributed by atoms with Gasteiger partial charge in [-0.2, -0.15) is 5.10 Å². The van der Waals surface area contributed by atoms with Gasteiger partial charge in [-0.1, -0.05) is 35.5 Å². The summed E-state index contributed by atoms with van der Waals surface area (Å²) in [4.78, 5) is 12.3. The fourth-order valence-electron chi connectivity index (χ4n) is 2.01. The second kappa shape index (κ2) is 6.09. The number of benzene rings is 1. The van der Waals surface area contributed by atoms with Crippen molar-refractivity contribution in [3.05, 3.63) is 65.8 Å². The molecule has 0 unspecified atom stereocenters. The minimum atomic E-state index is -0.389. The Labute approximate surface area is 126 Å². The Morgan fingerprint density at radius 2 is 2.05 bits per heavy atom. The van der Waals surface area contributed by atoms with Crippen molar-refractivity contribution in [1.29, 1.82) is 0 Å². The van der Waals surface area contributed by atoms with E-state index in [1.54, 1.807) is 19.1 Å². The molecule has 6 heteroatoms. The van der Waals surface area contributed by atoms with Crippen LogP contribution in [0.1, 0.15) is 21.9 Å². The molecule has 0 spiro atoms. The number of amides is 1. The molecule has 0 aliphatic carbocycles. The van der Waals surface area contributed by atoms with Gasteiger partial charge < -0.3 is 8.94 Å². The number of nitrogens with zero attached hydrogens (tertiary/aromatic N) is 2. The van der Waals surface area contributed by atoms with Crippen molar-refractivity contribution in [2.24, 2.45) is 5.10 Å². The van der Waals surface area contributed by atoms with Crippen LogP contribution in [0.4, 0.5) is 0 Å². The van der Waals surface area contributed by atoms with Crippen molar-refractivity contribution in [2.75, 3.05) is 0 Å². The van der Waals surface area contributed by atoms with E-state index in [-0.39, 0.29) is 5.91 Å². The van der Waals surface area contributed by atoms with Crippen LogP contribution < -0.4 is 5.43 Å². The van der Waals surface area contributed by atoms with E-state index in [4.69, 9.17) is 8.94 Å². The van der Waals surface area contributed by atoms with Gasteiger partial charge in [-0.15, -0.1) is 0 Å². The number of hydrazone groups is 1. The number of hydrogen-bond acceptors (Lipinski definition) is 5. The molecule has 110 valence electrons. The molecule has 0 atom stereocenters. The molecule has 1 N–H and O–H groups in total. The highest BCUT2D eigenvalue weighted by atomic mass is 16.5. The highest BCUT2D eigenvalue weighted by Crippen LogP contribution is 2.24. The maximum Gasteiger partial charge on any atom is 0.277 e. The third kappa shape index (κ3) is 2.80. The number of hydrogen-bond donors (Lipinski definition) is 1. The molecule has 0 saturated heterocycles. The van der Waals surface area contributed by atoms with Crippen molar-refractivity contribution in [2.45, 2.75) is 6.92 Å². The van der Waals surface area contributed by atoms with Crippen LogP contribution in [-0.2, 0) is 0 Å². The number of aryl methyl sites for hydroxylation is 1. The SMILES string of the molecule is Cc1onc(-c2ccccc2)c1C(=O)NN=Cc1ccco1. The van der Waals surface area contributed by atoms with Gasteiger partial charge in [0.1, 0.15) is 22.8 Å². The maximum atomic E-state index is 12.3. The molecule has 2 heterocycles. The van der Waals surface area contributed by atoms with E-state index in [9.17, 15) is 4.79 Å². The van der Waals surface area contributed by atoms with Crippen molar-refractivity contribution < 1.29 is 13.7 Å². The van der Waals surface area contributed by atoms with Gasteiger partial charge in [0.2, 0.25) is 0 Å². The van der Waals surface area contributed by atoms with Crippen LogP contribution in [0.2, 0.25) is 0 Å². The fraction of sp³-hybridized carbons (Fsp3) is 0.0625. The van der Waals surface area contributed by atoms with Gasteiger partial charge in [-0.25, -0.2) is 5.43 Å². The van der Waals surface area contributed by atoms with Crippen LogP contribution in [0.5, 0.6) is 0 Å². The minimum absolute atomic E-state index is 0.364. The van der Waals surface area contributed by atoms with Gasteiger partial charge in [-0.3, -0.25) is 4.79 Å². The summed E-state index contributed by atoms with van der Waals surface area (Å²) in [5, 5.41) is 7.82. The summed E-state index contributed by atoms with van der Waals surface area (Å²) < 4.78 is 10.2. The molecule has 3 aromatic rings. The molecule has 0 aliphatic rings. The second-order valence-corrected chi connectivity index (χ2v) is 4.54. The normalized spacial score (nSPS) is 11.0. The summed E-state index contributed by atoms with van der Waals surface area (Å²) in [6.45, 7) is 1.69. The first kappa shape index (κ1) is 13.8. The molecular formula is C16H13N3O3. The number of rotatable bonds is 4. The molecule has 0 saturated carbocycles. The lowest BCUT2D eigenvalue weighted by Gasteiger charge is -2.01. The van der Waals surface area contributed by atoms with Gasteiger partial charge >= 0.3 is 0 Å². The lowest BCUT2D eigenvalue weighted by atomic mass is 10.1. The summed E-state index contributed by atoms with van der Waals surface area (Å²) in [6, 6.07) is 12.8. The van der Waals surface area contributed by atoms with Crippen LogP contribution >= 0.6 is 0 Å². The first-order valence-electron chi connectivity index (χ1n) is 6.64. The summed E-state index contributed by atoms with van der Waals surface area (Å²) in [5.41, 5.74) is 4.10. The van der Waals surface area contributed by atoms with Crippen LogP contribution in [0.3, 0.4) is 0 Å². The summed E-state index contributed by atoms with van der Waals surface area (Å²) in [6.07, 6.45) is 2.95. The largest absolute Gasteiger partial charge is 0.463 e. The van der Waals surface area contributed by atoms with Crippen molar-refractivity contribution in [1.82, 2.24) is 10.6 Å². The van der Waals surface area contributed by atoms with Gasteiger partial charge in [0, 0.05) is 5.56 Å². The lowest BCUT2D eigenvalue weighted by Crippen LogP contribution is -2.18. The van der Waals surface area contributed by atoms with Gasteiger partial charge in [0.05, 0.1) is 12.5 Å². The van der Waals surface area contributed by atoms with Crippen molar-refractivity contribution in [3.8, 4) is 11.3 Å². The van der Waals surface area contributed by atoms with Crippen LogP contribution in [0, 0.1) is 6.92 Å². The molecule has 3 rings (SSSR count). The topological polar surface area (TPSA) is 80.6 Å². The Bertz CT molecular complexity index is 789. The van der Waals surface area contributed by atoms with E-state index in [0.29, 0.717) is 22.8 Å². The molecule has 1 aromatic carbocycles. The Morgan fingerprint density at radius 3 is 2.77 bits per heavy atom. The predicted molar refractivity (Wildman–Crippen MR) is 80.4 cm³/mol. The predicted octanol–water partition coefficient (Wildman–Crippen LogP) is 3.01. The van der Waals surface area contributed by atoms with E-state index in [2.05, 4.69) is 15.7 Å². The monoisotopic (exact) mass is 295 g/mol. The molecule has 6 nitrogen and oxygen atoms in total. The zero-order chi connectivity index (χ0) is 15.4. The van der Waals surface area contributed by atoms with E-state index < -0.39 is 0 Å². The molecule has 1 amide bonds. The zero-order valence-electron chi connectivity index (χ0n) is 11.8. The minimum Gasteiger partial charge on any atom is -0.463 e. The van der Waals surface area contributed by atoms with Crippen molar-refractivity contribution >= 4 is 12.1 Å². The lowest BCUT2D eigenvalue weighted by molar-refractivity contribution is 0.0954. The number of aromatic nitrogens is 1. The van der Waals surface area contributed by atoms with Crippen LogP contribution in [0.15, 0.2) is 62.8 Å². The fourth-order valence-corrected chi connectivity index (χ4v) is 2.01. The van der Waals surface area contributed by atoms with Gasteiger partial charge in [0.15, 0.2) is 0 Å². The molecule has 0 radical (unpaired) electrons. The summed E-state index contributed by atoms with van der Waals surface area (Å²) in [5.74, 6) is 0.593. The average Bonchev–Trinajstić information content (AvgIpc) is 3.17. The van der Waals surface area contributed by atoms with Gasteiger partial charge in [-0.05, 0) is 19.1 Å². The smallest absolute Gasteiger partial charge is 0.277 e. The highest BCUT2D eigenvalue weighted by molar-refractivity contribution is 6.01. The quantitative estimate of drug-likeness (QED) is 0.592. The number of carbonyl (C=O) groups is 1. The molecular weight excluding hydrogens is 282 g/mol. The number of nitrogens with one attached hydrogen (secondary N) is 1. The molecule has 0 aliphatic heterocycles. The van der Waals surface area contributed by atoms with Crippen LogP contribution in [0.25, 0.3) is 11.3 Å². The standard InChI is InChI=1S/C16H13N3O3/c1-11-14(15(19-22-11)12-6-3-2-4-7-12)16(20)18-17-10-13-8-5-9-21-13/h2-10H,1H3,(H,18,20).